The lowest BCUT2D eigenvalue weighted by molar-refractivity contribution is 0.0702. The molecule has 1 atom stereocenters. The normalized spacial score (nSPS) is 14.7. The van der Waals surface area contributed by atoms with E-state index in [0.717, 1.165) is 33.2 Å². The maximum absolute atomic E-state index is 13.0. The highest BCUT2D eigenvalue weighted by atomic mass is 16.5. The summed E-state index contributed by atoms with van der Waals surface area (Å²) in [6.07, 6.45) is 0. The molecule has 0 saturated heterocycles. The molecular weight excluding hydrogens is 456 g/mol. The lowest BCUT2D eigenvalue weighted by atomic mass is 9.83. The molecule has 0 spiro atoms. The van der Waals surface area contributed by atoms with Gasteiger partial charge in [0.1, 0.15) is 34.5 Å². The number of benzene rings is 3. The predicted molar refractivity (Wildman–Crippen MR) is 134 cm³/mol. The fourth-order valence-corrected chi connectivity index (χ4v) is 4.78. The van der Waals surface area contributed by atoms with Gasteiger partial charge in [-0.2, -0.15) is 5.26 Å². The van der Waals surface area contributed by atoms with Crippen molar-refractivity contribution in [3.05, 3.63) is 99.6 Å². The number of hydrogen-bond donors (Lipinski definition) is 1. The molecule has 180 valence electrons. The topological polar surface area (TPSA) is 108 Å². The first-order valence-electron chi connectivity index (χ1n) is 11.4. The fourth-order valence-electron chi connectivity index (χ4n) is 4.78. The second-order valence-corrected chi connectivity index (χ2v) is 8.80. The molecule has 2 N–H and O–H groups in total. The third-order valence-electron chi connectivity index (χ3n) is 6.41. The number of nitrogens with zero attached hydrogens (tertiary/aromatic N) is 1. The smallest absolute Gasteiger partial charge is 0.379 e. The minimum atomic E-state index is -0.607. The van der Waals surface area contributed by atoms with Crippen LogP contribution in [0.5, 0.6) is 17.2 Å². The van der Waals surface area contributed by atoms with E-state index in [1.807, 2.05) is 57.2 Å². The van der Waals surface area contributed by atoms with Crippen LogP contribution in [-0.2, 0) is 0 Å². The standard InChI is InChI=1S/C29H24N2O5/c1-15-11-16(2)25-17(3)27(35-24(25)12-15)29(32)34-20-9-10-21-23(13-20)36-28(31)22(14-30)26(21)18-5-7-19(33-4)8-6-18/h5-13,26H,31H2,1-4H3. The minimum absolute atomic E-state index is 0.00766. The van der Waals surface area contributed by atoms with Gasteiger partial charge in [-0.1, -0.05) is 24.3 Å². The number of methoxy groups -OCH3 is 1. The van der Waals surface area contributed by atoms with Crippen molar-refractivity contribution in [1.29, 1.82) is 5.26 Å². The van der Waals surface area contributed by atoms with Gasteiger partial charge < -0.3 is 24.4 Å². The summed E-state index contributed by atoms with van der Waals surface area (Å²) in [5, 5.41) is 10.7. The zero-order chi connectivity index (χ0) is 25.6. The van der Waals surface area contributed by atoms with Crippen molar-refractivity contribution in [1.82, 2.24) is 0 Å². The third kappa shape index (κ3) is 3.83. The van der Waals surface area contributed by atoms with Crippen LogP contribution >= 0.6 is 0 Å². The Morgan fingerprint density at radius 3 is 2.44 bits per heavy atom. The molecule has 0 saturated carbocycles. The highest BCUT2D eigenvalue weighted by Gasteiger charge is 2.31. The number of allylic oxidation sites excluding steroid dienone is 1. The Morgan fingerprint density at radius 1 is 1.03 bits per heavy atom. The van der Waals surface area contributed by atoms with Gasteiger partial charge in [0.2, 0.25) is 11.6 Å². The zero-order valence-electron chi connectivity index (χ0n) is 20.3. The van der Waals surface area contributed by atoms with Crippen molar-refractivity contribution in [3.63, 3.8) is 0 Å². The van der Waals surface area contributed by atoms with Gasteiger partial charge in [-0.25, -0.2) is 4.79 Å². The average Bonchev–Trinajstić information content (AvgIpc) is 3.19. The van der Waals surface area contributed by atoms with Gasteiger partial charge in [-0.15, -0.1) is 0 Å². The van der Waals surface area contributed by atoms with Crippen LogP contribution in [0.25, 0.3) is 11.0 Å². The van der Waals surface area contributed by atoms with E-state index in [-0.39, 0.29) is 17.4 Å². The molecule has 2 heterocycles. The van der Waals surface area contributed by atoms with Crippen LogP contribution in [0.3, 0.4) is 0 Å². The highest BCUT2D eigenvalue weighted by molar-refractivity contribution is 5.98. The van der Waals surface area contributed by atoms with Gasteiger partial charge in [0.25, 0.3) is 0 Å². The van der Waals surface area contributed by atoms with Crippen molar-refractivity contribution in [2.45, 2.75) is 26.7 Å². The molecule has 0 fully saturated rings. The van der Waals surface area contributed by atoms with Gasteiger partial charge in [0.15, 0.2) is 0 Å². The van der Waals surface area contributed by atoms with Crippen LogP contribution in [0.2, 0.25) is 0 Å². The van der Waals surface area contributed by atoms with Gasteiger partial charge in [0.05, 0.1) is 13.0 Å². The summed E-state index contributed by atoms with van der Waals surface area (Å²) in [5.41, 5.74) is 11.5. The molecule has 0 amide bonds. The summed E-state index contributed by atoms with van der Waals surface area (Å²) < 4.78 is 22.5. The first-order valence-corrected chi connectivity index (χ1v) is 11.4. The lowest BCUT2D eigenvalue weighted by Gasteiger charge is -2.26. The molecule has 0 radical (unpaired) electrons. The number of nitrogens with two attached hydrogens (primary N) is 1. The van der Waals surface area contributed by atoms with E-state index in [4.69, 9.17) is 24.4 Å². The Balaban J connectivity index is 1.49. The van der Waals surface area contributed by atoms with Crippen molar-refractivity contribution >= 4 is 16.9 Å². The maximum Gasteiger partial charge on any atom is 0.379 e. The summed E-state index contributed by atoms with van der Waals surface area (Å²) in [5.74, 6) is 0.504. The molecule has 5 rings (SSSR count). The molecular formula is C29H24N2O5. The van der Waals surface area contributed by atoms with E-state index in [2.05, 4.69) is 6.07 Å². The van der Waals surface area contributed by atoms with Crippen molar-refractivity contribution in [3.8, 4) is 23.3 Å². The lowest BCUT2D eigenvalue weighted by Crippen LogP contribution is -2.21. The maximum atomic E-state index is 13.0. The van der Waals surface area contributed by atoms with E-state index in [1.54, 1.807) is 25.3 Å². The molecule has 1 unspecified atom stereocenters. The van der Waals surface area contributed by atoms with Gasteiger partial charge in [-0.05, 0) is 61.7 Å². The molecule has 0 aliphatic carbocycles. The fraction of sp³-hybridized carbons (Fsp3) is 0.172. The molecule has 36 heavy (non-hydrogen) atoms. The van der Waals surface area contributed by atoms with E-state index in [9.17, 15) is 10.1 Å². The molecule has 4 aromatic rings. The molecule has 7 nitrogen and oxygen atoms in total. The summed E-state index contributed by atoms with van der Waals surface area (Å²) in [4.78, 5) is 13.0. The van der Waals surface area contributed by atoms with Crippen LogP contribution in [0.4, 0.5) is 0 Å². The Bertz CT molecular complexity index is 1590. The first-order chi connectivity index (χ1) is 17.3. The number of esters is 1. The number of hydrogen-bond acceptors (Lipinski definition) is 7. The number of ether oxygens (including phenoxy) is 3. The molecule has 0 bridgehead atoms. The van der Waals surface area contributed by atoms with E-state index in [1.165, 1.54) is 0 Å². The van der Waals surface area contributed by atoms with Crippen LogP contribution in [-0.4, -0.2) is 13.1 Å². The number of fused-ring (bicyclic) bond motifs is 2. The molecule has 3 aromatic carbocycles. The number of nitriles is 1. The van der Waals surface area contributed by atoms with Gasteiger partial charge in [-0.3, -0.25) is 0 Å². The summed E-state index contributed by atoms with van der Waals surface area (Å²) in [6, 6.07) is 18.6. The monoisotopic (exact) mass is 480 g/mol. The zero-order valence-corrected chi connectivity index (χ0v) is 20.3. The van der Waals surface area contributed by atoms with Gasteiger partial charge in [0, 0.05) is 22.6 Å². The predicted octanol–water partition coefficient (Wildman–Crippen LogP) is 5.80. The van der Waals surface area contributed by atoms with Crippen molar-refractivity contribution < 1.29 is 23.4 Å². The van der Waals surface area contributed by atoms with Crippen molar-refractivity contribution in [2.24, 2.45) is 5.73 Å². The SMILES string of the molecule is COc1ccc(C2C(C#N)=C(N)Oc3cc(OC(=O)c4oc5cc(C)cc(C)c5c4C)ccc32)cc1. The molecule has 1 aromatic heterocycles. The quantitative estimate of drug-likeness (QED) is 0.290. The second-order valence-electron chi connectivity index (χ2n) is 8.80. The van der Waals surface area contributed by atoms with E-state index < -0.39 is 11.9 Å². The second kappa shape index (κ2) is 8.82. The first kappa shape index (κ1) is 23.1. The summed E-state index contributed by atoms with van der Waals surface area (Å²) >= 11 is 0. The number of carbonyl (C=O) groups is 1. The minimum Gasteiger partial charge on any atom is -0.497 e. The molecule has 7 heteroatoms. The molecule has 1 aliphatic rings. The summed E-state index contributed by atoms with van der Waals surface area (Å²) in [7, 11) is 1.59. The number of carbonyl (C=O) groups excluding carboxylic acids is 1. The largest absolute Gasteiger partial charge is 0.497 e. The number of rotatable bonds is 4. The molecule has 1 aliphatic heterocycles. The van der Waals surface area contributed by atoms with Gasteiger partial charge >= 0.3 is 5.97 Å². The average molecular weight is 481 g/mol. The van der Waals surface area contributed by atoms with E-state index in [0.29, 0.717) is 22.7 Å². The van der Waals surface area contributed by atoms with Crippen LogP contribution in [0.15, 0.2) is 70.5 Å². The van der Waals surface area contributed by atoms with Crippen molar-refractivity contribution in [2.75, 3.05) is 7.11 Å². The number of aryl methyl sites for hydroxylation is 3. The highest BCUT2D eigenvalue weighted by Crippen LogP contribution is 2.43. The summed E-state index contributed by atoms with van der Waals surface area (Å²) in [6.45, 7) is 5.81. The Labute approximate surface area is 208 Å². The third-order valence-corrected chi connectivity index (χ3v) is 6.41. The Hall–Kier alpha value is -4.70. The number of furan rings is 1. The van der Waals surface area contributed by atoms with E-state index >= 15 is 0 Å². The van der Waals surface area contributed by atoms with Crippen LogP contribution in [0.1, 0.15) is 44.3 Å². The Morgan fingerprint density at radius 2 is 1.75 bits per heavy atom. The van der Waals surface area contributed by atoms with Crippen LogP contribution < -0.4 is 19.9 Å². The van der Waals surface area contributed by atoms with Crippen LogP contribution in [0, 0.1) is 32.1 Å². The Kier molecular flexibility index (Phi) is 5.65.